The number of aliphatic hydroxyl groups excluding tert-OH is 2. The van der Waals surface area contributed by atoms with Gasteiger partial charge in [-0.05, 0) is 24.6 Å². The molecule has 0 saturated carbocycles. The average molecular weight is 240 g/mol. The number of nitrogens with two attached hydrogens (primary N) is 1. The number of carboxylic acids is 1. The van der Waals surface area contributed by atoms with Gasteiger partial charge in [-0.1, -0.05) is 0 Å². The molecule has 1 aromatic carbocycles. The van der Waals surface area contributed by atoms with Crippen LogP contribution in [0.1, 0.15) is 15.9 Å². The first-order chi connectivity index (χ1) is 7.99. The summed E-state index contributed by atoms with van der Waals surface area (Å²) in [6, 6.07) is 2.52. The van der Waals surface area contributed by atoms with E-state index in [9.17, 15) is 4.79 Å². The van der Waals surface area contributed by atoms with Crippen LogP contribution in [0.4, 0.5) is 11.4 Å². The number of rotatable bonds is 5. The van der Waals surface area contributed by atoms with Gasteiger partial charge in [0.15, 0.2) is 0 Å². The zero-order chi connectivity index (χ0) is 13.0. The molecular formula is C11H16N2O4. The molecule has 1 rings (SSSR count). The highest BCUT2D eigenvalue weighted by Crippen LogP contribution is 2.23. The molecule has 6 N–H and O–H groups in total. The Bertz CT molecular complexity index is 416. The third kappa shape index (κ3) is 3.08. The molecule has 0 saturated heterocycles. The smallest absolute Gasteiger partial charge is 0.337 e. The molecule has 0 atom stereocenters. The number of aliphatic hydroxyl groups is 2. The van der Waals surface area contributed by atoms with Crippen LogP contribution in [0.3, 0.4) is 0 Å². The van der Waals surface area contributed by atoms with Crippen molar-refractivity contribution in [2.75, 3.05) is 24.3 Å². The number of nitrogens with one attached hydrogen (secondary N) is 1. The number of hydrogen-bond acceptors (Lipinski definition) is 5. The average Bonchev–Trinajstić information content (AvgIpc) is 2.29. The van der Waals surface area contributed by atoms with E-state index < -0.39 is 12.0 Å². The lowest BCUT2D eigenvalue weighted by Gasteiger charge is -2.16. The Morgan fingerprint density at radius 3 is 2.47 bits per heavy atom. The van der Waals surface area contributed by atoms with Crippen LogP contribution in [0, 0.1) is 6.92 Å². The van der Waals surface area contributed by atoms with Gasteiger partial charge in [0.25, 0.3) is 0 Å². The van der Waals surface area contributed by atoms with E-state index in [1.165, 1.54) is 6.07 Å². The van der Waals surface area contributed by atoms with Crippen LogP contribution < -0.4 is 11.1 Å². The second kappa shape index (κ2) is 5.51. The summed E-state index contributed by atoms with van der Waals surface area (Å²) in [5, 5.41) is 29.6. The molecule has 6 nitrogen and oxygen atoms in total. The maximum Gasteiger partial charge on any atom is 0.337 e. The lowest BCUT2D eigenvalue weighted by atomic mass is 10.1. The fourth-order valence-electron chi connectivity index (χ4n) is 1.44. The first-order valence-corrected chi connectivity index (χ1v) is 5.11. The van der Waals surface area contributed by atoms with Crippen LogP contribution in [0.15, 0.2) is 12.1 Å². The van der Waals surface area contributed by atoms with E-state index in [1.807, 2.05) is 0 Å². The number of anilines is 2. The summed E-state index contributed by atoms with van der Waals surface area (Å²) in [5.74, 6) is -1.11. The second-order valence-electron chi connectivity index (χ2n) is 3.77. The number of nitrogen functional groups attached to an aromatic ring is 1. The molecule has 17 heavy (non-hydrogen) atoms. The number of benzene rings is 1. The van der Waals surface area contributed by atoms with Crippen LogP contribution in [0.5, 0.6) is 0 Å². The van der Waals surface area contributed by atoms with Gasteiger partial charge in [-0.3, -0.25) is 0 Å². The largest absolute Gasteiger partial charge is 0.478 e. The minimum atomic E-state index is -1.11. The Morgan fingerprint density at radius 2 is 2.00 bits per heavy atom. The molecule has 0 amide bonds. The molecule has 0 fully saturated rings. The summed E-state index contributed by atoms with van der Waals surface area (Å²) < 4.78 is 0. The van der Waals surface area contributed by atoms with Crippen LogP contribution in [0.2, 0.25) is 0 Å². The van der Waals surface area contributed by atoms with Gasteiger partial charge in [0.2, 0.25) is 0 Å². The summed E-state index contributed by atoms with van der Waals surface area (Å²) in [7, 11) is 0. The number of hydrogen-bond donors (Lipinski definition) is 5. The molecule has 0 radical (unpaired) electrons. The van der Waals surface area contributed by atoms with Crippen molar-refractivity contribution in [3.63, 3.8) is 0 Å². The van der Waals surface area contributed by atoms with Crippen LogP contribution >= 0.6 is 0 Å². The number of aromatic carboxylic acids is 1. The Morgan fingerprint density at radius 1 is 1.41 bits per heavy atom. The summed E-state index contributed by atoms with van der Waals surface area (Å²) in [5.41, 5.74) is 6.99. The summed E-state index contributed by atoms with van der Waals surface area (Å²) in [6.07, 6.45) is 0. The first-order valence-electron chi connectivity index (χ1n) is 5.11. The van der Waals surface area contributed by atoms with Crippen LogP contribution in [0.25, 0.3) is 0 Å². The first kappa shape index (κ1) is 13.3. The zero-order valence-electron chi connectivity index (χ0n) is 9.47. The zero-order valence-corrected chi connectivity index (χ0v) is 9.47. The Kier molecular flexibility index (Phi) is 4.30. The highest BCUT2D eigenvalue weighted by atomic mass is 16.4. The maximum atomic E-state index is 10.9. The van der Waals surface area contributed by atoms with Gasteiger partial charge in [0, 0.05) is 11.4 Å². The van der Waals surface area contributed by atoms with Crippen molar-refractivity contribution in [1.29, 1.82) is 0 Å². The lowest BCUT2D eigenvalue weighted by Crippen LogP contribution is -2.27. The van der Waals surface area contributed by atoms with Crippen molar-refractivity contribution < 1.29 is 20.1 Å². The minimum Gasteiger partial charge on any atom is -0.478 e. The van der Waals surface area contributed by atoms with E-state index in [4.69, 9.17) is 21.1 Å². The highest BCUT2D eigenvalue weighted by molar-refractivity contribution is 5.95. The number of carbonyl (C=O) groups is 1. The van der Waals surface area contributed by atoms with Gasteiger partial charge in [-0.2, -0.15) is 0 Å². The van der Waals surface area contributed by atoms with E-state index in [-0.39, 0.29) is 24.5 Å². The molecule has 6 heteroatoms. The van der Waals surface area contributed by atoms with Gasteiger partial charge in [0.1, 0.15) is 0 Å². The highest BCUT2D eigenvalue weighted by Gasteiger charge is 2.13. The van der Waals surface area contributed by atoms with E-state index in [1.54, 1.807) is 13.0 Å². The molecular weight excluding hydrogens is 224 g/mol. The molecule has 0 heterocycles. The van der Waals surface area contributed by atoms with Crippen LogP contribution in [-0.2, 0) is 0 Å². The Balaban J connectivity index is 3.06. The van der Waals surface area contributed by atoms with Crippen molar-refractivity contribution in [2.45, 2.75) is 13.0 Å². The Labute approximate surface area is 98.7 Å². The van der Waals surface area contributed by atoms with E-state index >= 15 is 0 Å². The summed E-state index contributed by atoms with van der Waals surface area (Å²) >= 11 is 0. The SMILES string of the molecule is Cc1cc(NC(CO)CO)cc(C(=O)O)c1N. The molecule has 1 aromatic rings. The topological polar surface area (TPSA) is 116 Å². The van der Waals surface area contributed by atoms with Crippen molar-refractivity contribution in [3.05, 3.63) is 23.3 Å². The third-order valence-corrected chi connectivity index (χ3v) is 2.43. The van der Waals surface area contributed by atoms with Crippen molar-refractivity contribution in [2.24, 2.45) is 0 Å². The summed E-state index contributed by atoms with van der Waals surface area (Å²) in [4.78, 5) is 10.9. The van der Waals surface area contributed by atoms with Crippen molar-refractivity contribution >= 4 is 17.3 Å². The molecule has 0 aliphatic carbocycles. The third-order valence-electron chi connectivity index (χ3n) is 2.43. The van der Waals surface area contributed by atoms with E-state index in [2.05, 4.69) is 5.32 Å². The van der Waals surface area contributed by atoms with Gasteiger partial charge in [-0.25, -0.2) is 4.79 Å². The van der Waals surface area contributed by atoms with Crippen LogP contribution in [-0.4, -0.2) is 40.5 Å². The molecule has 0 bridgehead atoms. The molecule has 0 spiro atoms. The molecule has 0 aliphatic heterocycles. The molecule has 0 unspecified atom stereocenters. The standard InChI is InChI=1S/C11H16N2O4/c1-6-2-7(13-8(4-14)5-15)3-9(10(6)12)11(16)17/h2-3,8,13-15H,4-5,12H2,1H3,(H,16,17). The fourth-order valence-corrected chi connectivity index (χ4v) is 1.44. The van der Waals surface area contributed by atoms with Gasteiger partial charge in [0.05, 0.1) is 24.8 Å². The van der Waals surface area contributed by atoms with E-state index in [0.717, 1.165) is 0 Å². The summed E-state index contributed by atoms with van der Waals surface area (Å²) in [6.45, 7) is 1.20. The van der Waals surface area contributed by atoms with Gasteiger partial charge >= 0.3 is 5.97 Å². The normalized spacial score (nSPS) is 10.6. The van der Waals surface area contributed by atoms with Gasteiger partial charge in [-0.15, -0.1) is 0 Å². The maximum absolute atomic E-state index is 10.9. The molecule has 0 aromatic heterocycles. The Hall–Kier alpha value is -1.79. The molecule has 94 valence electrons. The van der Waals surface area contributed by atoms with Crippen molar-refractivity contribution in [1.82, 2.24) is 0 Å². The fraction of sp³-hybridized carbons (Fsp3) is 0.364. The minimum absolute atomic E-state index is 0.00197. The predicted octanol–water partition coefficient (Wildman–Crippen LogP) is 0.0405. The van der Waals surface area contributed by atoms with Crippen molar-refractivity contribution in [3.8, 4) is 0 Å². The number of carboxylic acid groups (broad SMARTS) is 1. The van der Waals surface area contributed by atoms with Gasteiger partial charge < -0.3 is 26.4 Å². The monoisotopic (exact) mass is 240 g/mol. The quantitative estimate of drug-likeness (QED) is 0.464. The lowest BCUT2D eigenvalue weighted by molar-refractivity contribution is 0.0698. The predicted molar refractivity (Wildman–Crippen MR) is 64.1 cm³/mol. The second-order valence-corrected chi connectivity index (χ2v) is 3.77. The van der Waals surface area contributed by atoms with E-state index in [0.29, 0.717) is 11.3 Å². The molecule has 0 aliphatic rings. The number of aryl methyl sites for hydroxylation is 1.